The van der Waals surface area contributed by atoms with E-state index >= 15 is 0 Å². The number of esters is 1. The van der Waals surface area contributed by atoms with E-state index in [2.05, 4.69) is 10.2 Å². The molecule has 0 amide bonds. The van der Waals surface area contributed by atoms with Crippen LogP contribution < -0.4 is 0 Å². The van der Waals surface area contributed by atoms with E-state index in [1.54, 1.807) is 13.0 Å². The van der Waals surface area contributed by atoms with E-state index in [-0.39, 0.29) is 17.5 Å². The Balaban J connectivity index is 1.64. The number of nitrogens with zero attached hydrogens (tertiary/aromatic N) is 3. The van der Waals surface area contributed by atoms with E-state index in [4.69, 9.17) is 9.15 Å². The minimum absolute atomic E-state index is 0.0359. The number of nitro groups is 1. The Labute approximate surface area is 160 Å². The van der Waals surface area contributed by atoms with Crippen LogP contribution in [0.25, 0.3) is 17.5 Å². The molecule has 1 heterocycles. The van der Waals surface area contributed by atoms with Crippen LogP contribution in [0.15, 0.2) is 59.0 Å². The molecule has 0 N–H and O–H groups in total. The number of aryl methyl sites for hydroxylation is 1. The van der Waals surface area contributed by atoms with Crippen molar-refractivity contribution in [2.75, 3.05) is 0 Å². The van der Waals surface area contributed by atoms with Gasteiger partial charge >= 0.3 is 5.97 Å². The molecule has 0 bridgehead atoms. The summed E-state index contributed by atoms with van der Waals surface area (Å²) in [6.07, 6.45) is 2.26. The molecule has 0 saturated carbocycles. The van der Waals surface area contributed by atoms with Gasteiger partial charge in [-0.2, -0.15) is 0 Å². The zero-order valence-corrected chi connectivity index (χ0v) is 15.2. The van der Waals surface area contributed by atoms with Gasteiger partial charge in [-0.15, -0.1) is 10.2 Å². The van der Waals surface area contributed by atoms with Gasteiger partial charge in [-0.05, 0) is 37.6 Å². The van der Waals surface area contributed by atoms with Crippen LogP contribution in [0.4, 0.5) is 5.69 Å². The second-order valence-electron chi connectivity index (χ2n) is 6.08. The third kappa shape index (κ3) is 4.67. The van der Waals surface area contributed by atoms with Gasteiger partial charge in [-0.25, -0.2) is 4.79 Å². The summed E-state index contributed by atoms with van der Waals surface area (Å²) in [6, 6.07) is 13.4. The number of aromatic nitrogens is 2. The van der Waals surface area contributed by atoms with Gasteiger partial charge in [0.25, 0.3) is 11.6 Å². The van der Waals surface area contributed by atoms with E-state index in [0.29, 0.717) is 5.56 Å². The van der Waals surface area contributed by atoms with Gasteiger partial charge in [0.05, 0.1) is 4.92 Å². The standard InChI is InChI=1S/C20H17N3O5/c1-13-4-3-5-15(12-13)6-11-18(24)27-14(2)19-21-22-20(28-19)16-7-9-17(10-8-16)23(25)26/h3-12,14H,1-2H3/b11-6+/t14-/m0/s1. The maximum absolute atomic E-state index is 12.0. The molecule has 3 aromatic rings. The normalized spacial score (nSPS) is 12.1. The first-order valence-corrected chi connectivity index (χ1v) is 8.46. The molecule has 0 saturated heterocycles. The number of carbonyl (C=O) groups is 1. The lowest BCUT2D eigenvalue weighted by molar-refractivity contribution is -0.384. The van der Waals surface area contributed by atoms with Gasteiger partial charge in [0.15, 0.2) is 6.10 Å². The quantitative estimate of drug-likeness (QED) is 0.272. The average molecular weight is 379 g/mol. The van der Waals surface area contributed by atoms with Crippen LogP contribution in [-0.2, 0) is 9.53 Å². The minimum atomic E-state index is -0.742. The van der Waals surface area contributed by atoms with Crippen molar-refractivity contribution in [3.8, 4) is 11.5 Å². The molecule has 1 aromatic heterocycles. The number of ether oxygens (including phenoxy) is 1. The van der Waals surface area contributed by atoms with Crippen molar-refractivity contribution in [3.63, 3.8) is 0 Å². The summed E-state index contributed by atoms with van der Waals surface area (Å²) in [5.74, 6) is -0.224. The highest BCUT2D eigenvalue weighted by atomic mass is 16.6. The largest absolute Gasteiger partial charge is 0.449 e. The van der Waals surface area contributed by atoms with Crippen LogP contribution in [-0.4, -0.2) is 21.1 Å². The third-order valence-electron chi connectivity index (χ3n) is 3.86. The fourth-order valence-corrected chi connectivity index (χ4v) is 2.44. The van der Waals surface area contributed by atoms with Crippen LogP contribution in [0.3, 0.4) is 0 Å². The maximum atomic E-state index is 12.0. The third-order valence-corrected chi connectivity index (χ3v) is 3.86. The first-order valence-electron chi connectivity index (χ1n) is 8.46. The Hall–Kier alpha value is -3.81. The molecular weight excluding hydrogens is 362 g/mol. The van der Waals surface area contributed by atoms with E-state index in [9.17, 15) is 14.9 Å². The molecule has 8 nitrogen and oxygen atoms in total. The SMILES string of the molecule is Cc1cccc(/C=C/C(=O)O[C@@H](C)c2nnc(-c3ccc([N+](=O)[O-])cc3)o2)c1. The molecule has 0 aliphatic carbocycles. The lowest BCUT2D eigenvalue weighted by atomic mass is 10.1. The number of rotatable bonds is 6. The Morgan fingerprint density at radius 1 is 1.21 bits per heavy atom. The molecule has 8 heteroatoms. The Morgan fingerprint density at radius 2 is 1.96 bits per heavy atom. The summed E-state index contributed by atoms with van der Waals surface area (Å²) in [4.78, 5) is 22.2. The van der Waals surface area contributed by atoms with Crippen LogP contribution in [0.5, 0.6) is 0 Å². The highest BCUT2D eigenvalue weighted by molar-refractivity contribution is 5.87. The molecule has 2 aromatic carbocycles. The fourth-order valence-electron chi connectivity index (χ4n) is 2.44. The van der Waals surface area contributed by atoms with Crippen molar-refractivity contribution in [2.24, 2.45) is 0 Å². The van der Waals surface area contributed by atoms with Crippen molar-refractivity contribution in [2.45, 2.75) is 20.0 Å². The van der Waals surface area contributed by atoms with Crippen molar-refractivity contribution >= 4 is 17.7 Å². The number of nitro benzene ring substituents is 1. The van der Waals surface area contributed by atoms with E-state index in [0.717, 1.165) is 11.1 Å². The van der Waals surface area contributed by atoms with Gasteiger partial charge in [0.2, 0.25) is 5.89 Å². The fraction of sp³-hybridized carbons (Fsp3) is 0.150. The monoisotopic (exact) mass is 379 g/mol. The number of carbonyl (C=O) groups excluding carboxylic acids is 1. The molecule has 0 aliphatic rings. The smallest absolute Gasteiger partial charge is 0.331 e. The van der Waals surface area contributed by atoms with Crippen LogP contribution in [0.2, 0.25) is 0 Å². The predicted octanol–water partition coefficient (Wildman–Crippen LogP) is 4.27. The molecule has 0 fully saturated rings. The molecule has 0 unspecified atom stereocenters. The Morgan fingerprint density at radius 3 is 2.64 bits per heavy atom. The van der Waals surface area contributed by atoms with Crippen LogP contribution in [0.1, 0.15) is 30.0 Å². The molecule has 3 rings (SSSR count). The summed E-state index contributed by atoms with van der Waals surface area (Å²) in [6.45, 7) is 3.58. The van der Waals surface area contributed by atoms with Crippen LogP contribution >= 0.6 is 0 Å². The maximum Gasteiger partial charge on any atom is 0.331 e. The van der Waals surface area contributed by atoms with Gasteiger partial charge in [0.1, 0.15) is 0 Å². The zero-order valence-electron chi connectivity index (χ0n) is 15.2. The first-order chi connectivity index (χ1) is 13.4. The summed E-state index contributed by atoms with van der Waals surface area (Å²) in [5, 5.41) is 18.5. The Kier molecular flexibility index (Phi) is 5.59. The molecule has 142 valence electrons. The minimum Gasteiger partial charge on any atom is -0.449 e. The van der Waals surface area contributed by atoms with E-state index < -0.39 is 17.0 Å². The Bertz CT molecular complexity index is 1020. The predicted molar refractivity (Wildman–Crippen MR) is 101 cm³/mol. The lowest BCUT2D eigenvalue weighted by Gasteiger charge is -2.06. The van der Waals surface area contributed by atoms with Crippen molar-refractivity contribution < 1.29 is 18.9 Å². The molecule has 0 radical (unpaired) electrons. The number of hydrogen-bond donors (Lipinski definition) is 0. The number of non-ortho nitro benzene ring substituents is 1. The van der Waals surface area contributed by atoms with Gasteiger partial charge in [0, 0.05) is 23.8 Å². The number of hydrogen-bond acceptors (Lipinski definition) is 7. The van der Waals surface area contributed by atoms with Gasteiger partial charge in [-0.3, -0.25) is 10.1 Å². The molecular formula is C20H17N3O5. The lowest BCUT2D eigenvalue weighted by Crippen LogP contribution is -2.06. The average Bonchev–Trinajstić information content (AvgIpc) is 3.17. The van der Waals surface area contributed by atoms with Gasteiger partial charge < -0.3 is 9.15 Å². The molecule has 1 atom stereocenters. The molecule has 28 heavy (non-hydrogen) atoms. The summed E-state index contributed by atoms with van der Waals surface area (Å²) in [7, 11) is 0. The van der Waals surface area contributed by atoms with E-state index in [1.165, 1.54) is 30.3 Å². The van der Waals surface area contributed by atoms with Crippen molar-refractivity contribution in [3.05, 3.63) is 81.7 Å². The van der Waals surface area contributed by atoms with Crippen molar-refractivity contribution in [1.82, 2.24) is 10.2 Å². The topological polar surface area (TPSA) is 108 Å². The van der Waals surface area contributed by atoms with Crippen LogP contribution in [0, 0.1) is 17.0 Å². The zero-order chi connectivity index (χ0) is 20.1. The second kappa shape index (κ2) is 8.26. The van der Waals surface area contributed by atoms with Gasteiger partial charge in [-0.1, -0.05) is 29.8 Å². The highest BCUT2D eigenvalue weighted by Gasteiger charge is 2.18. The first kappa shape index (κ1) is 19.0. The summed E-state index contributed by atoms with van der Waals surface area (Å²) >= 11 is 0. The highest BCUT2D eigenvalue weighted by Crippen LogP contribution is 2.24. The summed E-state index contributed by atoms with van der Waals surface area (Å²) in [5.41, 5.74) is 2.48. The molecule has 0 spiro atoms. The number of benzene rings is 2. The van der Waals surface area contributed by atoms with Crippen molar-refractivity contribution in [1.29, 1.82) is 0 Å². The van der Waals surface area contributed by atoms with E-state index in [1.807, 2.05) is 31.2 Å². The summed E-state index contributed by atoms with van der Waals surface area (Å²) < 4.78 is 10.8. The molecule has 0 aliphatic heterocycles. The second-order valence-corrected chi connectivity index (χ2v) is 6.08.